The van der Waals surface area contributed by atoms with E-state index in [1.807, 2.05) is 0 Å². The predicted molar refractivity (Wildman–Crippen MR) is 418 cm³/mol. The van der Waals surface area contributed by atoms with E-state index in [4.69, 9.17) is 37.0 Å². The number of phosphoric ester groups is 2. The molecule has 0 bridgehead atoms. The van der Waals surface area contributed by atoms with E-state index in [-0.39, 0.29) is 25.7 Å². The lowest BCUT2D eigenvalue weighted by molar-refractivity contribution is -0.161. The number of carbonyl (C=O) groups is 4. The van der Waals surface area contributed by atoms with E-state index < -0.39 is 97.5 Å². The van der Waals surface area contributed by atoms with Gasteiger partial charge in [-0.2, -0.15) is 0 Å². The van der Waals surface area contributed by atoms with Gasteiger partial charge in [0.05, 0.1) is 26.4 Å². The molecular weight excluding hydrogens is 1330 g/mol. The first-order valence-corrected chi connectivity index (χ1v) is 46.0. The molecule has 3 N–H and O–H groups in total. The molecule has 6 atom stereocenters. The number of rotatable bonds is 82. The second-order valence-electron chi connectivity index (χ2n) is 30.6. The van der Waals surface area contributed by atoms with Crippen LogP contribution in [-0.2, 0) is 65.4 Å². The Labute approximate surface area is 626 Å². The third kappa shape index (κ3) is 74.9. The lowest BCUT2D eigenvalue weighted by Gasteiger charge is -2.21. The first-order valence-electron chi connectivity index (χ1n) is 43.0. The van der Waals surface area contributed by atoms with Crippen molar-refractivity contribution in [1.29, 1.82) is 0 Å². The van der Waals surface area contributed by atoms with E-state index in [0.29, 0.717) is 25.7 Å². The summed E-state index contributed by atoms with van der Waals surface area (Å²) in [6.07, 6.45) is 65.1. The van der Waals surface area contributed by atoms with Crippen LogP contribution in [-0.4, -0.2) is 96.7 Å². The van der Waals surface area contributed by atoms with Gasteiger partial charge in [-0.25, -0.2) is 9.13 Å². The smallest absolute Gasteiger partial charge is 0.462 e. The van der Waals surface area contributed by atoms with Crippen molar-refractivity contribution in [2.75, 3.05) is 39.6 Å². The minimum atomic E-state index is -4.96. The summed E-state index contributed by atoms with van der Waals surface area (Å²) >= 11 is 0. The van der Waals surface area contributed by atoms with Crippen LogP contribution < -0.4 is 0 Å². The number of carbonyl (C=O) groups excluding carboxylic acids is 4. The lowest BCUT2D eigenvalue weighted by atomic mass is 9.99. The van der Waals surface area contributed by atoms with Gasteiger partial charge in [-0.15, -0.1) is 0 Å². The summed E-state index contributed by atoms with van der Waals surface area (Å²) in [5.74, 6) is -0.543. The summed E-state index contributed by atoms with van der Waals surface area (Å²) in [4.78, 5) is 73.2. The molecule has 0 heterocycles. The molecule has 0 aromatic carbocycles. The Hall–Kier alpha value is -1.94. The van der Waals surface area contributed by atoms with Gasteiger partial charge in [-0.05, 0) is 37.5 Å². The average molecular weight is 1490 g/mol. The molecule has 0 saturated carbocycles. The van der Waals surface area contributed by atoms with Crippen LogP contribution in [0.2, 0.25) is 0 Å². The summed E-state index contributed by atoms with van der Waals surface area (Å²) in [6.45, 7) is 9.67. The van der Waals surface area contributed by atoms with Gasteiger partial charge in [-0.1, -0.05) is 388 Å². The molecular formula is C83H162O17P2. The summed E-state index contributed by atoms with van der Waals surface area (Å²) in [5.41, 5.74) is 0. The van der Waals surface area contributed by atoms with Crippen molar-refractivity contribution in [1.82, 2.24) is 0 Å². The molecule has 0 radical (unpaired) electrons. The SMILES string of the molecule is CCCCCCCCCCCCCCCCCCCCC(=O)O[C@H](COC(=O)CCCCCCCCCCCCCCCCCCC)COP(=O)(O)OC[C@@H](O)COP(=O)(O)OC[C@@H](COC(=O)CCCCCCCCCCCCC(C)C)OC(=O)CCCCCCCCCCCCC(C)CC. The third-order valence-corrected chi connectivity index (χ3v) is 21.7. The Kier molecular flexibility index (Phi) is 73.1. The van der Waals surface area contributed by atoms with Crippen molar-refractivity contribution >= 4 is 39.5 Å². The van der Waals surface area contributed by atoms with E-state index in [0.717, 1.165) is 102 Å². The summed E-state index contributed by atoms with van der Waals surface area (Å²) in [6, 6.07) is 0. The van der Waals surface area contributed by atoms with Crippen molar-refractivity contribution < 1.29 is 80.2 Å². The topological polar surface area (TPSA) is 237 Å². The maximum absolute atomic E-state index is 13.1. The number of unbranched alkanes of at least 4 members (excludes halogenated alkanes) is 51. The Morgan fingerprint density at radius 1 is 0.284 bits per heavy atom. The third-order valence-electron chi connectivity index (χ3n) is 19.8. The van der Waals surface area contributed by atoms with Crippen molar-refractivity contribution in [3.63, 3.8) is 0 Å². The maximum Gasteiger partial charge on any atom is 0.472 e. The van der Waals surface area contributed by atoms with Crippen LogP contribution in [0.1, 0.15) is 440 Å². The van der Waals surface area contributed by atoms with E-state index in [1.54, 1.807) is 0 Å². The summed E-state index contributed by atoms with van der Waals surface area (Å²) in [5, 5.41) is 10.7. The fourth-order valence-electron chi connectivity index (χ4n) is 12.9. The Morgan fingerprint density at radius 2 is 0.500 bits per heavy atom. The summed E-state index contributed by atoms with van der Waals surface area (Å²) < 4.78 is 68.8. The van der Waals surface area contributed by atoms with Gasteiger partial charge >= 0.3 is 39.5 Å². The molecule has 0 aliphatic carbocycles. The van der Waals surface area contributed by atoms with Crippen LogP contribution in [0.15, 0.2) is 0 Å². The molecule has 0 saturated heterocycles. The minimum absolute atomic E-state index is 0.106. The first kappa shape index (κ1) is 100. The molecule has 19 heteroatoms. The highest BCUT2D eigenvalue weighted by Gasteiger charge is 2.30. The van der Waals surface area contributed by atoms with Crippen molar-refractivity contribution in [3.8, 4) is 0 Å². The van der Waals surface area contributed by atoms with Gasteiger partial charge in [-0.3, -0.25) is 37.3 Å². The molecule has 0 fully saturated rings. The second kappa shape index (κ2) is 74.5. The molecule has 0 aromatic heterocycles. The van der Waals surface area contributed by atoms with Gasteiger partial charge < -0.3 is 33.8 Å². The van der Waals surface area contributed by atoms with Crippen LogP contribution in [0.4, 0.5) is 0 Å². The molecule has 606 valence electrons. The van der Waals surface area contributed by atoms with E-state index in [1.165, 1.54) is 257 Å². The first-order chi connectivity index (χ1) is 49.4. The number of hydrogen-bond acceptors (Lipinski definition) is 15. The molecule has 0 amide bonds. The standard InChI is InChI=1S/C83H162O17P2/c1-7-10-12-14-16-18-20-22-24-26-28-30-32-34-43-49-55-61-67-82(87)99-78(71-93-80(85)65-59-53-47-41-33-31-29-27-25-23-21-19-17-15-13-11-8-2)73-97-101(89,90)95-69-77(84)70-96-102(91,92)98-74-79(72-94-81(86)66-60-54-48-42-37-35-39-45-51-57-63-75(4)5)100-83(88)68-62-56-50-44-38-36-40-46-52-58-64-76(6)9-3/h75-79,84H,7-74H2,1-6H3,(H,89,90)(H,91,92)/t76?,77-,78-,79-/m1/s1. The molecule has 0 rings (SSSR count). The lowest BCUT2D eigenvalue weighted by Crippen LogP contribution is -2.30. The highest BCUT2D eigenvalue weighted by molar-refractivity contribution is 7.47. The van der Waals surface area contributed by atoms with Gasteiger partial charge in [0.1, 0.15) is 19.3 Å². The zero-order chi connectivity index (χ0) is 74.9. The van der Waals surface area contributed by atoms with Crippen molar-refractivity contribution in [2.24, 2.45) is 11.8 Å². The van der Waals surface area contributed by atoms with Gasteiger partial charge in [0.25, 0.3) is 0 Å². The van der Waals surface area contributed by atoms with Crippen molar-refractivity contribution in [3.05, 3.63) is 0 Å². The normalized spacial score (nSPS) is 14.1. The van der Waals surface area contributed by atoms with Crippen LogP contribution in [0, 0.1) is 11.8 Å². The number of ether oxygens (including phenoxy) is 4. The number of aliphatic hydroxyl groups is 1. The largest absolute Gasteiger partial charge is 0.472 e. The molecule has 17 nitrogen and oxygen atoms in total. The number of esters is 4. The highest BCUT2D eigenvalue weighted by Crippen LogP contribution is 2.45. The Balaban J connectivity index is 5.27. The van der Waals surface area contributed by atoms with E-state index in [9.17, 15) is 43.2 Å². The van der Waals surface area contributed by atoms with Crippen LogP contribution in [0.5, 0.6) is 0 Å². The Bertz CT molecular complexity index is 1960. The zero-order valence-electron chi connectivity index (χ0n) is 66.9. The van der Waals surface area contributed by atoms with Crippen molar-refractivity contribution in [2.45, 2.75) is 458 Å². The quantitative estimate of drug-likeness (QED) is 0.0222. The van der Waals surface area contributed by atoms with Gasteiger partial charge in [0.15, 0.2) is 12.2 Å². The fraction of sp³-hybridized carbons (Fsp3) is 0.952. The second-order valence-corrected chi connectivity index (χ2v) is 33.5. The molecule has 0 aromatic rings. The number of hydrogen-bond donors (Lipinski definition) is 3. The molecule has 102 heavy (non-hydrogen) atoms. The van der Waals surface area contributed by atoms with Crippen LogP contribution in [0.25, 0.3) is 0 Å². The van der Waals surface area contributed by atoms with E-state index in [2.05, 4.69) is 41.5 Å². The van der Waals surface area contributed by atoms with Gasteiger partial charge in [0, 0.05) is 25.7 Å². The molecule has 0 aliphatic rings. The number of phosphoric acid groups is 2. The maximum atomic E-state index is 13.1. The number of aliphatic hydroxyl groups excluding tert-OH is 1. The monoisotopic (exact) mass is 1490 g/mol. The predicted octanol–water partition coefficient (Wildman–Crippen LogP) is 25.1. The fourth-order valence-corrected chi connectivity index (χ4v) is 14.4. The van der Waals surface area contributed by atoms with Gasteiger partial charge in [0.2, 0.25) is 0 Å². The zero-order valence-corrected chi connectivity index (χ0v) is 68.7. The van der Waals surface area contributed by atoms with Crippen LogP contribution in [0.3, 0.4) is 0 Å². The Morgan fingerprint density at radius 3 is 0.745 bits per heavy atom. The van der Waals surface area contributed by atoms with Crippen LogP contribution >= 0.6 is 15.6 Å². The minimum Gasteiger partial charge on any atom is -0.462 e. The van der Waals surface area contributed by atoms with E-state index >= 15 is 0 Å². The molecule has 0 aliphatic heterocycles. The summed E-state index contributed by atoms with van der Waals surface area (Å²) in [7, 11) is -9.92. The molecule has 0 spiro atoms. The highest BCUT2D eigenvalue weighted by atomic mass is 31.2. The molecule has 3 unspecified atom stereocenters. The average Bonchev–Trinajstić information content (AvgIpc) is 1.06.